The van der Waals surface area contributed by atoms with E-state index in [4.69, 9.17) is 19.7 Å². The molecule has 1 saturated carbocycles. The molecular weight excluding hydrogens is 341 g/mol. The van der Waals surface area contributed by atoms with Crippen LogP contribution >= 0.6 is 0 Å². The van der Waals surface area contributed by atoms with Crippen molar-refractivity contribution in [2.45, 2.75) is 37.4 Å². The molecule has 25 heavy (non-hydrogen) atoms. The van der Waals surface area contributed by atoms with Crippen LogP contribution in [0, 0.1) is 5.92 Å². The summed E-state index contributed by atoms with van der Waals surface area (Å²) in [5.74, 6) is -0.668. The molecule has 1 aliphatic carbocycles. The van der Waals surface area contributed by atoms with Crippen LogP contribution in [-0.4, -0.2) is 53.1 Å². The van der Waals surface area contributed by atoms with Crippen molar-refractivity contribution in [3.63, 3.8) is 0 Å². The van der Waals surface area contributed by atoms with E-state index in [0.717, 1.165) is 25.3 Å². The Bertz CT molecular complexity index is 579. The van der Waals surface area contributed by atoms with Gasteiger partial charge in [0.15, 0.2) is 0 Å². The molecule has 3 N–H and O–H groups in total. The van der Waals surface area contributed by atoms with E-state index < -0.39 is 12.1 Å². The predicted octanol–water partition coefficient (Wildman–Crippen LogP) is 1.94. The second-order valence-corrected chi connectivity index (χ2v) is 6.12. The summed E-state index contributed by atoms with van der Waals surface area (Å²) < 4.78 is 37.5. The van der Waals surface area contributed by atoms with Crippen LogP contribution in [0.1, 0.15) is 30.7 Å². The fourth-order valence-electron chi connectivity index (χ4n) is 2.55. The zero-order chi connectivity index (χ0) is 18.4. The molecule has 3 atom stereocenters. The first-order valence-corrected chi connectivity index (χ1v) is 8.03. The van der Waals surface area contributed by atoms with Gasteiger partial charge >= 0.3 is 12.1 Å². The molecule has 1 saturated heterocycles. The minimum Gasteiger partial charge on any atom is -0.490 e. The van der Waals surface area contributed by atoms with Crippen LogP contribution in [0.2, 0.25) is 0 Å². The number of nitrogens with one attached hydrogen (secondary N) is 1. The topological polar surface area (TPSA) is 91.7 Å². The second kappa shape index (κ2) is 8.48. The van der Waals surface area contributed by atoms with Crippen molar-refractivity contribution in [3.8, 4) is 5.75 Å². The molecule has 0 amide bonds. The Morgan fingerprint density at radius 1 is 1.40 bits per heavy atom. The highest BCUT2D eigenvalue weighted by Crippen LogP contribution is 2.49. The second-order valence-electron chi connectivity index (χ2n) is 6.12. The zero-order valence-electron chi connectivity index (χ0n) is 13.5. The molecular formula is C16H21F3N2O4. The average Bonchev–Trinajstić information content (AvgIpc) is 3.25. The number of carbonyl (C=O) groups is 1. The average molecular weight is 362 g/mol. The van der Waals surface area contributed by atoms with Gasteiger partial charge in [-0.1, -0.05) is 0 Å². The molecule has 9 heteroatoms. The molecule has 0 radical (unpaired) electrons. The van der Waals surface area contributed by atoms with Crippen molar-refractivity contribution in [1.29, 1.82) is 0 Å². The first kappa shape index (κ1) is 19.5. The molecule has 3 rings (SSSR count). The quantitative estimate of drug-likeness (QED) is 0.716. The standard InChI is InChI=1S/C14H20N2O2.C2HF3O2/c17-4-2-10-6-14(10)11-5-13(8-15-7-11)18-9-12-1-3-16-12;3-2(4,5)1(6)7/h5,7-8,10,12,14,16-17H,1-4,6,9H2;(H,6,7)/t10-,12-,14-;/m0./s1. The molecule has 1 aromatic rings. The van der Waals surface area contributed by atoms with E-state index in [1.54, 1.807) is 6.20 Å². The van der Waals surface area contributed by atoms with Gasteiger partial charge < -0.3 is 20.3 Å². The van der Waals surface area contributed by atoms with Gasteiger partial charge in [0, 0.05) is 18.8 Å². The fourth-order valence-corrected chi connectivity index (χ4v) is 2.55. The molecule has 2 aliphatic rings. The van der Waals surface area contributed by atoms with E-state index in [9.17, 15) is 13.2 Å². The van der Waals surface area contributed by atoms with Crippen molar-refractivity contribution in [2.75, 3.05) is 19.8 Å². The van der Waals surface area contributed by atoms with Crippen LogP contribution in [0.4, 0.5) is 13.2 Å². The number of carboxylic acids is 1. The number of nitrogens with zero attached hydrogens (tertiary/aromatic N) is 1. The minimum absolute atomic E-state index is 0.290. The van der Waals surface area contributed by atoms with Crippen molar-refractivity contribution in [3.05, 3.63) is 24.0 Å². The molecule has 6 nitrogen and oxygen atoms in total. The summed E-state index contributed by atoms with van der Waals surface area (Å²) in [6.45, 7) is 2.13. The number of ether oxygens (including phenoxy) is 1. The summed E-state index contributed by atoms with van der Waals surface area (Å²) in [4.78, 5) is 13.2. The number of aliphatic carboxylic acids is 1. The van der Waals surface area contributed by atoms with Gasteiger partial charge in [-0.25, -0.2) is 4.79 Å². The van der Waals surface area contributed by atoms with E-state index in [0.29, 0.717) is 17.9 Å². The summed E-state index contributed by atoms with van der Waals surface area (Å²) >= 11 is 0. The van der Waals surface area contributed by atoms with Crippen LogP contribution in [0.25, 0.3) is 0 Å². The normalized spacial score (nSPS) is 24.6. The number of hydrogen-bond donors (Lipinski definition) is 3. The smallest absolute Gasteiger partial charge is 0.490 e. The zero-order valence-corrected chi connectivity index (χ0v) is 13.5. The lowest BCUT2D eigenvalue weighted by Crippen LogP contribution is -2.46. The van der Waals surface area contributed by atoms with Gasteiger partial charge in [-0.2, -0.15) is 13.2 Å². The monoisotopic (exact) mass is 362 g/mol. The lowest BCUT2D eigenvalue weighted by molar-refractivity contribution is -0.192. The lowest BCUT2D eigenvalue weighted by atomic mass is 10.1. The molecule has 2 fully saturated rings. The van der Waals surface area contributed by atoms with E-state index in [-0.39, 0.29) is 6.61 Å². The van der Waals surface area contributed by atoms with E-state index in [1.165, 1.54) is 18.4 Å². The molecule has 2 heterocycles. The van der Waals surface area contributed by atoms with Gasteiger partial charge in [-0.15, -0.1) is 0 Å². The molecule has 0 bridgehead atoms. The third-order valence-electron chi connectivity index (χ3n) is 4.20. The highest BCUT2D eigenvalue weighted by Gasteiger charge is 2.38. The number of hydrogen-bond acceptors (Lipinski definition) is 5. The number of pyridine rings is 1. The SMILES string of the molecule is O=C(O)C(F)(F)F.OCC[C@H]1C[C@@H]1c1cncc(OC[C@@H]2CCN2)c1. The van der Waals surface area contributed by atoms with Gasteiger partial charge in [-0.05, 0) is 49.3 Å². The first-order chi connectivity index (χ1) is 11.8. The number of aliphatic hydroxyl groups is 1. The Morgan fingerprint density at radius 3 is 2.60 bits per heavy atom. The van der Waals surface area contributed by atoms with Crippen molar-refractivity contribution in [1.82, 2.24) is 10.3 Å². The van der Waals surface area contributed by atoms with Crippen LogP contribution in [0.3, 0.4) is 0 Å². The molecule has 1 aliphatic heterocycles. The van der Waals surface area contributed by atoms with Crippen LogP contribution < -0.4 is 10.1 Å². The Balaban J connectivity index is 0.000000277. The molecule has 0 unspecified atom stereocenters. The van der Waals surface area contributed by atoms with Gasteiger partial charge in [-0.3, -0.25) is 4.98 Å². The minimum atomic E-state index is -5.08. The number of aliphatic hydroxyl groups excluding tert-OH is 1. The largest absolute Gasteiger partial charge is 0.490 e. The molecule has 0 spiro atoms. The van der Waals surface area contributed by atoms with E-state index in [1.807, 2.05) is 6.20 Å². The van der Waals surface area contributed by atoms with Crippen LogP contribution in [-0.2, 0) is 4.79 Å². The van der Waals surface area contributed by atoms with E-state index >= 15 is 0 Å². The summed E-state index contributed by atoms with van der Waals surface area (Å²) in [6.07, 6.45) is 1.91. The van der Waals surface area contributed by atoms with Gasteiger partial charge in [0.2, 0.25) is 0 Å². The maximum absolute atomic E-state index is 10.6. The van der Waals surface area contributed by atoms with Gasteiger partial charge in [0.25, 0.3) is 0 Å². The van der Waals surface area contributed by atoms with Gasteiger partial charge in [0.1, 0.15) is 12.4 Å². The van der Waals surface area contributed by atoms with E-state index in [2.05, 4.69) is 16.4 Å². The number of alkyl halides is 3. The summed E-state index contributed by atoms with van der Waals surface area (Å²) in [6, 6.07) is 2.62. The van der Waals surface area contributed by atoms with Crippen LogP contribution in [0.5, 0.6) is 5.75 Å². The molecule has 0 aromatic carbocycles. The number of halogens is 3. The summed E-state index contributed by atoms with van der Waals surface area (Å²) in [7, 11) is 0. The van der Waals surface area contributed by atoms with Gasteiger partial charge in [0.05, 0.1) is 6.20 Å². The summed E-state index contributed by atoms with van der Waals surface area (Å²) in [5, 5.41) is 19.4. The molecule has 1 aromatic heterocycles. The van der Waals surface area contributed by atoms with Crippen LogP contribution in [0.15, 0.2) is 18.5 Å². The maximum atomic E-state index is 10.6. The highest BCUT2D eigenvalue weighted by molar-refractivity contribution is 5.73. The highest BCUT2D eigenvalue weighted by atomic mass is 19.4. The molecule has 140 valence electrons. The Kier molecular flexibility index (Phi) is 6.60. The maximum Gasteiger partial charge on any atom is 0.490 e. The predicted molar refractivity (Wildman–Crippen MR) is 82.4 cm³/mol. The first-order valence-electron chi connectivity index (χ1n) is 8.03. The fraction of sp³-hybridized carbons (Fsp3) is 0.625. The Morgan fingerprint density at radius 2 is 2.08 bits per heavy atom. The lowest BCUT2D eigenvalue weighted by Gasteiger charge is -2.27. The Labute approximate surface area is 143 Å². The number of aromatic nitrogens is 1. The van der Waals surface area contributed by atoms with Crippen molar-refractivity contribution in [2.24, 2.45) is 5.92 Å². The third-order valence-corrected chi connectivity index (χ3v) is 4.20. The summed E-state index contributed by atoms with van der Waals surface area (Å²) in [5.41, 5.74) is 1.26. The van der Waals surface area contributed by atoms with Crippen molar-refractivity contribution < 1.29 is 32.9 Å². The number of carboxylic acid groups (broad SMARTS) is 1. The van der Waals surface area contributed by atoms with Crippen molar-refractivity contribution >= 4 is 5.97 Å². The number of rotatable bonds is 6. The third kappa shape index (κ3) is 6.17. The Hall–Kier alpha value is -1.87.